The molecule has 11 heteroatoms. The average Bonchev–Trinajstić information content (AvgIpc) is 3.06. The molecule has 0 unspecified atom stereocenters. The molecule has 45 heavy (non-hydrogen) atoms. The average molecular weight is 636 g/mol. The van der Waals surface area contributed by atoms with Gasteiger partial charge in [0.25, 0.3) is 0 Å². The van der Waals surface area contributed by atoms with Crippen molar-refractivity contribution in [3.8, 4) is 17.2 Å². The molecule has 0 spiro atoms. The molecular weight excluding hydrogens is 596 g/mol. The van der Waals surface area contributed by atoms with Crippen molar-refractivity contribution in [2.45, 2.75) is 39.2 Å². The Bertz CT molecular complexity index is 1720. The Kier molecular flexibility index (Phi) is 10.2. The Balaban J connectivity index is 1.41. The summed E-state index contributed by atoms with van der Waals surface area (Å²) in [4.78, 5) is 25.8. The molecular formula is C34H39N2O8S+. The Labute approximate surface area is 263 Å². The number of rotatable bonds is 12. The van der Waals surface area contributed by atoms with E-state index in [-0.39, 0.29) is 17.6 Å². The molecule has 10 nitrogen and oxygen atoms in total. The van der Waals surface area contributed by atoms with Crippen LogP contribution in [0.4, 0.5) is 0 Å². The van der Waals surface area contributed by atoms with Crippen LogP contribution in [-0.4, -0.2) is 64.3 Å². The predicted octanol–water partition coefficient (Wildman–Crippen LogP) is 4.90. The van der Waals surface area contributed by atoms with Crippen LogP contribution in [0.25, 0.3) is 21.8 Å². The molecule has 5 rings (SSSR count). The standard InChI is InChI=1S/C34H39N2O8S/c1-4-43-33(37)24-16-19-35(20-17-24)45(39,40)21-9-8-18-36-30-22-26(41-2)12-14-28(30)32(29-15-13-27(42-3)23-31(29)36)34(38)44-25-10-6-5-7-11-25/h5-7,10-15,22-24H,4,8-9,16-21H2,1-3H3/q+1. The number of aryl methyl sites for hydroxylation is 1. The lowest BCUT2D eigenvalue weighted by molar-refractivity contribution is -0.645. The van der Waals surface area contributed by atoms with Crippen LogP contribution in [0.2, 0.25) is 0 Å². The highest BCUT2D eigenvalue weighted by atomic mass is 32.2. The normalized spacial score (nSPS) is 14.4. The number of benzene rings is 3. The van der Waals surface area contributed by atoms with Gasteiger partial charge < -0.3 is 18.9 Å². The van der Waals surface area contributed by atoms with E-state index < -0.39 is 16.0 Å². The van der Waals surface area contributed by atoms with Crippen molar-refractivity contribution in [2.24, 2.45) is 5.92 Å². The maximum Gasteiger partial charge on any atom is 0.345 e. The molecule has 0 N–H and O–H groups in total. The minimum atomic E-state index is -3.48. The van der Waals surface area contributed by atoms with E-state index in [0.29, 0.717) is 85.5 Å². The number of carbonyl (C=O) groups excluding carboxylic acids is 2. The number of fused-ring (bicyclic) bond motifs is 2. The van der Waals surface area contributed by atoms with Crippen molar-refractivity contribution in [1.29, 1.82) is 0 Å². The van der Waals surface area contributed by atoms with Crippen molar-refractivity contribution < 1.29 is 41.5 Å². The fraction of sp³-hybridized carbons (Fsp3) is 0.382. The molecule has 3 aromatic carbocycles. The molecule has 4 aromatic rings. The maximum atomic E-state index is 13.7. The molecule has 238 valence electrons. The molecule has 0 amide bonds. The Morgan fingerprint density at radius 2 is 1.44 bits per heavy atom. The molecule has 1 aliphatic rings. The van der Waals surface area contributed by atoms with Gasteiger partial charge in [0.1, 0.15) is 23.8 Å². The number of hydrogen-bond donors (Lipinski definition) is 0. The first-order valence-corrected chi connectivity index (χ1v) is 16.8. The van der Waals surface area contributed by atoms with Gasteiger partial charge in [-0.2, -0.15) is 4.57 Å². The third-order valence-electron chi connectivity index (χ3n) is 8.19. The van der Waals surface area contributed by atoms with E-state index in [4.69, 9.17) is 18.9 Å². The first-order valence-electron chi connectivity index (χ1n) is 15.2. The van der Waals surface area contributed by atoms with Gasteiger partial charge in [-0.15, -0.1) is 0 Å². The van der Waals surface area contributed by atoms with Crippen molar-refractivity contribution in [3.05, 3.63) is 72.3 Å². The number of aromatic nitrogens is 1. The third-order valence-corrected chi connectivity index (χ3v) is 10.1. The number of ether oxygens (including phenoxy) is 4. The van der Waals surface area contributed by atoms with Gasteiger partial charge in [0.2, 0.25) is 21.1 Å². The quantitative estimate of drug-likeness (QED) is 0.0711. The van der Waals surface area contributed by atoms with Crippen LogP contribution in [-0.2, 0) is 26.1 Å². The number of para-hydroxylation sites is 1. The van der Waals surface area contributed by atoms with Crippen LogP contribution in [0.1, 0.15) is 43.0 Å². The lowest BCUT2D eigenvalue weighted by atomic mass is 9.98. The van der Waals surface area contributed by atoms with Gasteiger partial charge in [0.15, 0.2) is 0 Å². The summed E-state index contributed by atoms with van der Waals surface area (Å²) >= 11 is 0. The van der Waals surface area contributed by atoms with E-state index in [1.165, 1.54) is 4.31 Å². The summed E-state index contributed by atoms with van der Waals surface area (Å²) in [6, 6.07) is 20.0. The van der Waals surface area contributed by atoms with Crippen molar-refractivity contribution in [2.75, 3.05) is 39.7 Å². The summed E-state index contributed by atoms with van der Waals surface area (Å²) in [5.74, 6) is 0.686. The van der Waals surface area contributed by atoms with Crippen LogP contribution in [0, 0.1) is 5.92 Å². The van der Waals surface area contributed by atoms with Gasteiger partial charge >= 0.3 is 11.9 Å². The SMILES string of the molecule is CCOC(=O)C1CCN(S(=O)(=O)CCCC[n+]2c3cc(OC)ccc3c(C(=O)Oc3ccccc3)c3ccc(OC)cc32)CC1. The summed E-state index contributed by atoms with van der Waals surface area (Å²) < 4.78 is 51.9. The fourth-order valence-electron chi connectivity index (χ4n) is 5.84. The number of pyridine rings is 1. The number of nitrogens with zero attached hydrogens (tertiary/aromatic N) is 2. The highest BCUT2D eigenvalue weighted by molar-refractivity contribution is 7.89. The number of sulfonamides is 1. The second kappa shape index (κ2) is 14.3. The minimum Gasteiger partial charge on any atom is -0.497 e. The van der Waals surface area contributed by atoms with Gasteiger partial charge in [-0.1, -0.05) is 18.2 Å². The van der Waals surface area contributed by atoms with E-state index >= 15 is 0 Å². The molecule has 0 radical (unpaired) electrons. The van der Waals surface area contributed by atoms with Crippen LogP contribution in [0.5, 0.6) is 17.2 Å². The highest BCUT2D eigenvalue weighted by Gasteiger charge is 2.32. The second-order valence-electron chi connectivity index (χ2n) is 10.9. The predicted molar refractivity (Wildman–Crippen MR) is 170 cm³/mol. The molecule has 1 aromatic heterocycles. The van der Waals surface area contributed by atoms with E-state index in [0.717, 1.165) is 11.0 Å². The smallest absolute Gasteiger partial charge is 0.345 e. The van der Waals surface area contributed by atoms with Crippen LogP contribution in [0.15, 0.2) is 66.7 Å². The zero-order valence-electron chi connectivity index (χ0n) is 25.9. The lowest BCUT2D eigenvalue weighted by Crippen LogP contribution is -2.42. The lowest BCUT2D eigenvalue weighted by Gasteiger charge is -2.30. The Hall–Kier alpha value is -4.22. The first-order chi connectivity index (χ1) is 21.7. The summed E-state index contributed by atoms with van der Waals surface area (Å²) in [6.45, 7) is 3.20. The molecule has 1 fully saturated rings. The van der Waals surface area contributed by atoms with E-state index in [9.17, 15) is 18.0 Å². The van der Waals surface area contributed by atoms with Gasteiger partial charge in [-0.05, 0) is 62.6 Å². The van der Waals surface area contributed by atoms with Gasteiger partial charge in [-0.25, -0.2) is 17.5 Å². The molecule has 0 saturated carbocycles. The summed E-state index contributed by atoms with van der Waals surface area (Å²) in [5.41, 5.74) is 1.91. The number of piperidine rings is 1. The number of methoxy groups -OCH3 is 2. The molecule has 0 aliphatic carbocycles. The molecule has 1 aliphatic heterocycles. The number of hydrogen-bond acceptors (Lipinski definition) is 8. The number of carbonyl (C=O) groups is 2. The summed E-state index contributed by atoms with van der Waals surface area (Å²) in [5, 5.41) is 1.37. The fourth-order valence-corrected chi connectivity index (χ4v) is 7.44. The Morgan fingerprint density at radius 1 is 0.844 bits per heavy atom. The van der Waals surface area contributed by atoms with E-state index in [2.05, 4.69) is 4.57 Å². The minimum absolute atomic E-state index is 0.00161. The van der Waals surface area contributed by atoms with E-state index in [1.54, 1.807) is 57.5 Å². The zero-order valence-corrected chi connectivity index (χ0v) is 26.7. The van der Waals surface area contributed by atoms with Crippen LogP contribution >= 0.6 is 0 Å². The highest BCUT2D eigenvalue weighted by Crippen LogP contribution is 2.31. The largest absolute Gasteiger partial charge is 0.497 e. The number of esters is 2. The molecule has 0 atom stereocenters. The van der Waals surface area contributed by atoms with E-state index in [1.807, 2.05) is 30.3 Å². The maximum absolute atomic E-state index is 13.7. The second-order valence-corrected chi connectivity index (χ2v) is 13.0. The summed E-state index contributed by atoms with van der Waals surface area (Å²) in [6.07, 6.45) is 1.93. The monoisotopic (exact) mass is 635 g/mol. The van der Waals surface area contributed by atoms with Gasteiger partial charge in [0, 0.05) is 19.5 Å². The van der Waals surface area contributed by atoms with Crippen molar-refractivity contribution in [1.82, 2.24) is 4.31 Å². The van der Waals surface area contributed by atoms with Crippen LogP contribution in [0.3, 0.4) is 0 Å². The first kappa shape index (κ1) is 32.2. The molecule has 0 bridgehead atoms. The number of unbranched alkanes of at least 4 members (excludes halogenated alkanes) is 1. The third kappa shape index (κ3) is 7.20. The Morgan fingerprint density at radius 3 is 2.00 bits per heavy atom. The zero-order chi connectivity index (χ0) is 32.0. The topological polar surface area (TPSA) is 112 Å². The molecule has 2 heterocycles. The van der Waals surface area contributed by atoms with Crippen LogP contribution < -0.4 is 18.8 Å². The van der Waals surface area contributed by atoms with Gasteiger partial charge in [0.05, 0.1) is 61.0 Å². The van der Waals surface area contributed by atoms with Gasteiger partial charge in [-0.3, -0.25) is 4.79 Å². The van der Waals surface area contributed by atoms with Crippen molar-refractivity contribution >= 4 is 43.8 Å². The molecule has 1 saturated heterocycles. The summed E-state index contributed by atoms with van der Waals surface area (Å²) in [7, 11) is -0.315. The van der Waals surface area contributed by atoms with Crippen molar-refractivity contribution in [3.63, 3.8) is 0 Å².